The Morgan fingerprint density at radius 3 is 1.76 bits per heavy atom. The van der Waals surface area contributed by atoms with Crippen molar-refractivity contribution >= 4 is 15.9 Å². The van der Waals surface area contributed by atoms with E-state index in [-0.39, 0.29) is 6.04 Å². The van der Waals surface area contributed by atoms with Gasteiger partial charge in [-0.05, 0) is 92.1 Å². The molecule has 0 aromatic heterocycles. The third kappa shape index (κ3) is 2.79. The maximum atomic E-state index is 6.60. The monoisotopic (exact) mass is 345 g/mol. The topological polar surface area (TPSA) is 26.0 Å². The molecule has 2 rings (SSSR count). The SMILES string of the molecule is Cc1ccc(C(N)c2c(C)c(C)c(C)c(C)c2C)cc1Br. The highest BCUT2D eigenvalue weighted by Gasteiger charge is 2.19. The van der Waals surface area contributed by atoms with Crippen molar-refractivity contribution in [2.75, 3.05) is 0 Å². The minimum absolute atomic E-state index is 0.0834. The second kappa shape index (κ2) is 5.94. The van der Waals surface area contributed by atoms with Crippen LogP contribution in [0.15, 0.2) is 22.7 Å². The Kier molecular flexibility index (Phi) is 4.60. The van der Waals surface area contributed by atoms with Gasteiger partial charge in [0.25, 0.3) is 0 Å². The Hall–Kier alpha value is -1.12. The molecule has 0 saturated carbocycles. The van der Waals surface area contributed by atoms with E-state index in [2.05, 4.69) is 75.7 Å². The summed E-state index contributed by atoms with van der Waals surface area (Å²) in [6.07, 6.45) is 0. The Balaban J connectivity index is 2.63. The van der Waals surface area contributed by atoms with Crippen molar-refractivity contribution in [2.24, 2.45) is 5.73 Å². The van der Waals surface area contributed by atoms with Crippen LogP contribution in [0, 0.1) is 41.5 Å². The highest BCUT2D eigenvalue weighted by molar-refractivity contribution is 9.10. The van der Waals surface area contributed by atoms with Gasteiger partial charge >= 0.3 is 0 Å². The molecule has 1 atom stereocenters. The van der Waals surface area contributed by atoms with Gasteiger partial charge in [0, 0.05) is 4.47 Å². The lowest BCUT2D eigenvalue weighted by atomic mass is 9.84. The molecule has 0 amide bonds. The fraction of sp³-hybridized carbons (Fsp3) is 0.368. The zero-order valence-corrected chi connectivity index (χ0v) is 15.4. The van der Waals surface area contributed by atoms with E-state index in [4.69, 9.17) is 5.73 Å². The average Bonchev–Trinajstić information content (AvgIpc) is 2.46. The molecule has 2 N–H and O–H groups in total. The Labute approximate surface area is 136 Å². The van der Waals surface area contributed by atoms with Crippen molar-refractivity contribution in [2.45, 2.75) is 47.6 Å². The number of halogens is 1. The van der Waals surface area contributed by atoms with Crippen LogP contribution < -0.4 is 5.73 Å². The van der Waals surface area contributed by atoms with E-state index in [9.17, 15) is 0 Å². The maximum absolute atomic E-state index is 6.60. The van der Waals surface area contributed by atoms with E-state index in [1.54, 1.807) is 0 Å². The lowest BCUT2D eigenvalue weighted by molar-refractivity contribution is 0.841. The molecule has 2 aromatic carbocycles. The second-order valence-corrected chi connectivity index (χ2v) is 6.88. The minimum atomic E-state index is -0.0834. The first-order valence-corrected chi connectivity index (χ1v) is 8.13. The first-order valence-electron chi connectivity index (χ1n) is 7.34. The largest absolute Gasteiger partial charge is 0.320 e. The van der Waals surface area contributed by atoms with Crippen LogP contribution >= 0.6 is 15.9 Å². The van der Waals surface area contributed by atoms with Crippen molar-refractivity contribution in [1.82, 2.24) is 0 Å². The molecule has 112 valence electrons. The summed E-state index contributed by atoms with van der Waals surface area (Å²) in [7, 11) is 0. The van der Waals surface area contributed by atoms with E-state index in [0.29, 0.717) is 0 Å². The summed E-state index contributed by atoms with van der Waals surface area (Å²) in [4.78, 5) is 0. The van der Waals surface area contributed by atoms with Crippen LogP contribution in [0.2, 0.25) is 0 Å². The van der Waals surface area contributed by atoms with E-state index in [0.717, 1.165) is 10.0 Å². The number of hydrogen-bond acceptors (Lipinski definition) is 1. The highest BCUT2D eigenvalue weighted by Crippen LogP contribution is 2.33. The molecule has 0 bridgehead atoms. The first kappa shape index (κ1) is 16.3. The van der Waals surface area contributed by atoms with Gasteiger partial charge < -0.3 is 5.73 Å². The predicted molar refractivity (Wildman–Crippen MR) is 95.0 cm³/mol. The lowest BCUT2D eigenvalue weighted by Gasteiger charge is -2.24. The molecule has 21 heavy (non-hydrogen) atoms. The van der Waals surface area contributed by atoms with Gasteiger partial charge in [-0.25, -0.2) is 0 Å². The molecule has 0 aliphatic rings. The number of nitrogens with two attached hydrogens (primary N) is 1. The Morgan fingerprint density at radius 2 is 1.29 bits per heavy atom. The lowest BCUT2D eigenvalue weighted by Crippen LogP contribution is -2.17. The van der Waals surface area contributed by atoms with Gasteiger partial charge in [-0.15, -0.1) is 0 Å². The van der Waals surface area contributed by atoms with Crippen molar-refractivity contribution in [3.05, 3.63) is 67.2 Å². The normalized spacial score (nSPS) is 12.6. The van der Waals surface area contributed by atoms with Gasteiger partial charge in [0.05, 0.1) is 6.04 Å². The molecule has 1 nitrogen and oxygen atoms in total. The molecular weight excluding hydrogens is 322 g/mol. The molecule has 0 aliphatic heterocycles. The summed E-state index contributed by atoms with van der Waals surface area (Å²) < 4.78 is 1.12. The summed E-state index contributed by atoms with van der Waals surface area (Å²) in [5, 5.41) is 0. The van der Waals surface area contributed by atoms with Crippen molar-refractivity contribution < 1.29 is 0 Å². The van der Waals surface area contributed by atoms with E-state index in [1.165, 1.54) is 38.9 Å². The van der Waals surface area contributed by atoms with Crippen LogP contribution in [0.3, 0.4) is 0 Å². The highest BCUT2D eigenvalue weighted by atomic mass is 79.9. The molecule has 0 radical (unpaired) electrons. The molecule has 0 fully saturated rings. The fourth-order valence-electron chi connectivity index (χ4n) is 2.96. The van der Waals surface area contributed by atoms with Crippen LogP contribution in [-0.4, -0.2) is 0 Å². The number of rotatable bonds is 2. The zero-order valence-electron chi connectivity index (χ0n) is 13.8. The third-order valence-electron chi connectivity index (χ3n) is 4.92. The van der Waals surface area contributed by atoms with Gasteiger partial charge in [-0.2, -0.15) is 0 Å². The van der Waals surface area contributed by atoms with E-state index < -0.39 is 0 Å². The van der Waals surface area contributed by atoms with Crippen LogP contribution in [-0.2, 0) is 0 Å². The molecule has 0 saturated heterocycles. The minimum Gasteiger partial charge on any atom is -0.320 e. The quantitative estimate of drug-likeness (QED) is 0.780. The Morgan fingerprint density at radius 1 is 0.810 bits per heavy atom. The first-order chi connectivity index (χ1) is 9.75. The number of benzene rings is 2. The van der Waals surface area contributed by atoms with E-state index >= 15 is 0 Å². The summed E-state index contributed by atoms with van der Waals surface area (Å²) in [6.45, 7) is 13.1. The van der Waals surface area contributed by atoms with Crippen LogP contribution in [0.5, 0.6) is 0 Å². The molecule has 1 unspecified atom stereocenters. The molecule has 2 heteroatoms. The van der Waals surface area contributed by atoms with Gasteiger partial charge in [-0.3, -0.25) is 0 Å². The van der Waals surface area contributed by atoms with Crippen LogP contribution in [0.1, 0.15) is 50.5 Å². The summed E-state index contributed by atoms with van der Waals surface area (Å²) in [5.74, 6) is 0. The standard InChI is InChI=1S/C19H24BrN/c1-10-7-8-16(9-17(10)20)19(21)18-14(5)12(3)11(2)13(4)15(18)6/h7-9,19H,21H2,1-6H3. The molecule has 2 aromatic rings. The van der Waals surface area contributed by atoms with Crippen LogP contribution in [0.4, 0.5) is 0 Å². The Bertz CT molecular complexity index is 672. The van der Waals surface area contributed by atoms with Crippen LogP contribution in [0.25, 0.3) is 0 Å². The summed E-state index contributed by atoms with van der Waals surface area (Å²) in [6, 6.07) is 6.31. The van der Waals surface area contributed by atoms with E-state index in [1.807, 2.05) is 0 Å². The molecule has 0 aliphatic carbocycles. The van der Waals surface area contributed by atoms with Crippen molar-refractivity contribution in [3.63, 3.8) is 0 Å². The number of hydrogen-bond donors (Lipinski definition) is 1. The second-order valence-electron chi connectivity index (χ2n) is 6.02. The average molecular weight is 346 g/mol. The van der Waals surface area contributed by atoms with Crippen molar-refractivity contribution in [3.8, 4) is 0 Å². The zero-order chi connectivity index (χ0) is 15.9. The van der Waals surface area contributed by atoms with Crippen molar-refractivity contribution in [1.29, 1.82) is 0 Å². The van der Waals surface area contributed by atoms with Gasteiger partial charge in [0.15, 0.2) is 0 Å². The third-order valence-corrected chi connectivity index (χ3v) is 5.78. The summed E-state index contributed by atoms with van der Waals surface area (Å²) in [5.41, 5.74) is 17.0. The smallest absolute Gasteiger partial charge is 0.0557 e. The van der Waals surface area contributed by atoms with Gasteiger partial charge in [0.1, 0.15) is 0 Å². The summed E-state index contributed by atoms with van der Waals surface area (Å²) >= 11 is 3.61. The van der Waals surface area contributed by atoms with Gasteiger partial charge in [-0.1, -0.05) is 28.1 Å². The fourth-order valence-corrected chi connectivity index (χ4v) is 3.36. The molecule has 0 heterocycles. The van der Waals surface area contributed by atoms with Gasteiger partial charge in [0.2, 0.25) is 0 Å². The molecular formula is C19H24BrN. The molecule has 0 spiro atoms. The predicted octanol–water partition coefficient (Wildman–Crippen LogP) is 5.35. The maximum Gasteiger partial charge on any atom is 0.0557 e. The number of aryl methyl sites for hydroxylation is 1.